The van der Waals surface area contributed by atoms with Gasteiger partial charge in [-0.1, -0.05) is 19.9 Å². The molecule has 0 aliphatic carbocycles. The van der Waals surface area contributed by atoms with Crippen molar-refractivity contribution in [1.29, 1.82) is 5.26 Å². The number of rotatable bonds is 3. The summed E-state index contributed by atoms with van der Waals surface area (Å²) in [6, 6.07) is 10.2. The van der Waals surface area contributed by atoms with Crippen LogP contribution in [0, 0.1) is 18.3 Å². The summed E-state index contributed by atoms with van der Waals surface area (Å²) in [7, 11) is 1.66. The molecule has 0 saturated heterocycles. The summed E-state index contributed by atoms with van der Waals surface area (Å²) in [6.45, 7) is 6.22. The van der Waals surface area contributed by atoms with Gasteiger partial charge in [0.2, 0.25) is 0 Å². The second-order valence-corrected chi connectivity index (χ2v) is 4.95. The minimum absolute atomic E-state index is 0.455. The maximum atomic E-state index is 9.05. The zero-order valence-corrected chi connectivity index (χ0v) is 11.7. The average Bonchev–Trinajstić information content (AvgIpc) is 2.79. The Balaban J connectivity index is 2.58. The molecule has 0 radical (unpaired) electrons. The Morgan fingerprint density at radius 3 is 2.53 bits per heavy atom. The van der Waals surface area contributed by atoms with E-state index < -0.39 is 0 Å². The molecule has 1 N–H and O–H groups in total. The van der Waals surface area contributed by atoms with Crippen LogP contribution in [0.15, 0.2) is 24.3 Å². The fraction of sp³-hybridized carbons (Fsp3) is 0.312. The van der Waals surface area contributed by atoms with Crippen molar-refractivity contribution in [1.82, 2.24) is 4.98 Å². The summed E-state index contributed by atoms with van der Waals surface area (Å²) in [6.07, 6.45) is 0. The van der Waals surface area contributed by atoms with Crippen LogP contribution in [0.25, 0.3) is 11.3 Å². The number of hydrogen-bond donors (Lipinski definition) is 1. The van der Waals surface area contributed by atoms with Crippen LogP contribution in [0.4, 0.5) is 0 Å². The number of ether oxygens (including phenoxy) is 1. The van der Waals surface area contributed by atoms with Crippen molar-refractivity contribution in [3.63, 3.8) is 0 Å². The van der Waals surface area contributed by atoms with Gasteiger partial charge >= 0.3 is 0 Å². The zero-order chi connectivity index (χ0) is 14.0. The van der Waals surface area contributed by atoms with E-state index in [0.717, 1.165) is 22.7 Å². The zero-order valence-electron chi connectivity index (χ0n) is 11.7. The van der Waals surface area contributed by atoms with E-state index in [2.05, 4.69) is 37.0 Å². The number of aromatic nitrogens is 1. The van der Waals surface area contributed by atoms with Crippen molar-refractivity contribution in [2.75, 3.05) is 7.11 Å². The molecule has 1 aromatic carbocycles. The Bertz CT molecular complexity index is 633. The van der Waals surface area contributed by atoms with Gasteiger partial charge < -0.3 is 9.72 Å². The Morgan fingerprint density at radius 2 is 2.00 bits per heavy atom. The smallest absolute Gasteiger partial charge is 0.128 e. The predicted octanol–water partition coefficient (Wildman–Crippen LogP) is 3.99. The molecule has 0 saturated carbocycles. The molecular formula is C16H18N2O. The largest absolute Gasteiger partial charge is 0.496 e. The first-order valence-electron chi connectivity index (χ1n) is 6.34. The highest BCUT2D eigenvalue weighted by molar-refractivity contribution is 5.70. The van der Waals surface area contributed by atoms with Gasteiger partial charge in [0.15, 0.2) is 0 Å². The lowest BCUT2D eigenvalue weighted by molar-refractivity contribution is 0.416. The fourth-order valence-electron chi connectivity index (χ4n) is 2.11. The number of methoxy groups -OCH3 is 1. The maximum Gasteiger partial charge on any atom is 0.128 e. The van der Waals surface area contributed by atoms with Crippen molar-refractivity contribution >= 4 is 0 Å². The summed E-state index contributed by atoms with van der Waals surface area (Å²) < 4.78 is 5.41. The third-order valence-corrected chi connectivity index (χ3v) is 3.32. The number of nitriles is 1. The Hall–Kier alpha value is -2.21. The van der Waals surface area contributed by atoms with Gasteiger partial charge in [-0.15, -0.1) is 0 Å². The lowest BCUT2D eigenvalue weighted by Crippen LogP contribution is -1.93. The minimum Gasteiger partial charge on any atom is -0.496 e. The van der Waals surface area contributed by atoms with E-state index in [9.17, 15) is 0 Å². The van der Waals surface area contributed by atoms with E-state index in [-0.39, 0.29) is 0 Å². The molecule has 98 valence electrons. The predicted molar refractivity (Wildman–Crippen MR) is 76.3 cm³/mol. The summed E-state index contributed by atoms with van der Waals surface area (Å²) in [4.78, 5) is 3.25. The second kappa shape index (κ2) is 5.19. The summed E-state index contributed by atoms with van der Waals surface area (Å²) >= 11 is 0. The average molecular weight is 254 g/mol. The highest BCUT2D eigenvalue weighted by Crippen LogP contribution is 2.33. The molecule has 1 aromatic heterocycles. The topological polar surface area (TPSA) is 48.8 Å². The van der Waals surface area contributed by atoms with Gasteiger partial charge in [-0.25, -0.2) is 0 Å². The second-order valence-electron chi connectivity index (χ2n) is 4.95. The van der Waals surface area contributed by atoms with Crippen molar-refractivity contribution < 1.29 is 4.74 Å². The fourth-order valence-corrected chi connectivity index (χ4v) is 2.11. The van der Waals surface area contributed by atoms with Crippen LogP contribution in [0.5, 0.6) is 5.75 Å². The Morgan fingerprint density at radius 1 is 1.26 bits per heavy atom. The van der Waals surface area contributed by atoms with Gasteiger partial charge in [0, 0.05) is 11.3 Å². The Labute approximate surface area is 113 Å². The molecule has 0 aliphatic rings. The van der Waals surface area contributed by atoms with Gasteiger partial charge in [0.25, 0.3) is 0 Å². The third kappa shape index (κ3) is 2.48. The number of hydrogen-bond acceptors (Lipinski definition) is 2. The van der Waals surface area contributed by atoms with E-state index in [1.165, 1.54) is 5.56 Å². The van der Waals surface area contributed by atoms with Crippen molar-refractivity contribution in [3.8, 4) is 23.1 Å². The maximum absolute atomic E-state index is 9.05. The summed E-state index contributed by atoms with van der Waals surface area (Å²) in [5.41, 5.74) is 4.73. The minimum atomic E-state index is 0.455. The first kappa shape index (κ1) is 13.2. The molecule has 3 heteroatoms. The molecule has 1 heterocycles. The molecule has 2 aromatic rings. The van der Waals surface area contributed by atoms with E-state index in [0.29, 0.717) is 11.5 Å². The van der Waals surface area contributed by atoms with E-state index >= 15 is 0 Å². The number of nitrogens with zero attached hydrogens (tertiary/aromatic N) is 1. The van der Waals surface area contributed by atoms with Gasteiger partial charge in [-0.05, 0) is 36.6 Å². The number of aryl methyl sites for hydroxylation is 1. The molecule has 0 amide bonds. The highest BCUT2D eigenvalue weighted by atomic mass is 16.5. The van der Waals surface area contributed by atoms with Crippen LogP contribution in [-0.2, 0) is 0 Å². The molecule has 0 fully saturated rings. The van der Waals surface area contributed by atoms with E-state index in [4.69, 9.17) is 10.00 Å². The SMILES string of the molecule is COc1ccc(C(C)C)cc1-c1cc(C#N)c(C)[nH]1. The van der Waals surface area contributed by atoms with Gasteiger partial charge in [-0.2, -0.15) is 5.26 Å². The van der Waals surface area contributed by atoms with Gasteiger partial charge in [-0.3, -0.25) is 0 Å². The lowest BCUT2D eigenvalue weighted by atomic mass is 9.99. The number of benzene rings is 1. The number of nitrogens with one attached hydrogen (secondary N) is 1. The molecule has 0 atom stereocenters. The first-order valence-corrected chi connectivity index (χ1v) is 6.34. The molecule has 0 unspecified atom stereocenters. The first-order chi connectivity index (χ1) is 9.06. The van der Waals surface area contributed by atoms with E-state index in [1.807, 2.05) is 19.1 Å². The lowest BCUT2D eigenvalue weighted by Gasteiger charge is -2.11. The normalized spacial score (nSPS) is 10.5. The van der Waals surface area contributed by atoms with Gasteiger partial charge in [0.05, 0.1) is 18.4 Å². The quantitative estimate of drug-likeness (QED) is 0.900. The van der Waals surface area contributed by atoms with Crippen LogP contribution in [0.3, 0.4) is 0 Å². The molecular weight excluding hydrogens is 236 g/mol. The molecule has 0 spiro atoms. The van der Waals surface area contributed by atoms with Crippen LogP contribution >= 0.6 is 0 Å². The third-order valence-electron chi connectivity index (χ3n) is 3.32. The van der Waals surface area contributed by atoms with Crippen LogP contribution < -0.4 is 4.74 Å². The Kier molecular flexibility index (Phi) is 3.62. The molecule has 0 aliphatic heterocycles. The summed E-state index contributed by atoms with van der Waals surface area (Å²) in [5.74, 6) is 1.27. The number of aromatic amines is 1. The van der Waals surface area contributed by atoms with Crippen LogP contribution in [0.2, 0.25) is 0 Å². The van der Waals surface area contributed by atoms with Crippen LogP contribution in [-0.4, -0.2) is 12.1 Å². The van der Waals surface area contributed by atoms with Crippen molar-refractivity contribution in [3.05, 3.63) is 41.1 Å². The van der Waals surface area contributed by atoms with Crippen molar-refractivity contribution in [2.24, 2.45) is 0 Å². The molecule has 3 nitrogen and oxygen atoms in total. The summed E-state index contributed by atoms with van der Waals surface area (Å²) in [5, 5.41) is 9.05. The highest BCUT2D eigenvalue weighted by Gasteiger charge is 2.12. The van der Waals surface area contributed by atoms with Gasteiger partial charge in [0.1, 0.15) is 11.8 Å². The standard InChI is InChI=1S/C16H18N2O/c1-10(2)12-5-6-16(19-4)14(7-12)15-8-13(9-17)11(3)18-15/h5-8,10,18H,1-4H3. The molecule has 0 bridgehead atoms. The monoisotopic (exact) mass is 254 g/mol. The number of H-pyrrole nitrogens is 1. The van der Waals surface area contributed by atoms with E-state index in [1.54, 1.807) is 7.11 Å². The van der Waals surface area contributed by atoms with Crippen molar-refractivity contribution in [2.45, 2.75) is 26.7 Å². The van der Waals surface area contributed by atoms with Crippen LogP contribution in [0.1, 0.15) is 36.6 Å². The molecule has 19 heavy (non-hydrogen) atoms. The molecule has 2 rings (SSSR count).